The van der Waals surface area contributed by atoms with Crippen LogP contribution >= 0.6 is 0 Å². The standard InChI is InChI=1S/C16H17N3O/c1-19-11-12(10-18-19)7-8-15(20)14-6-2-4-13-5-3-9-17-16(13)14/h2-6,9-11,15,20H,7-8H2,1H3. The van der Waals surface area contributed by atoms with Crippen molar-refractivity contribution < 1.29 is 5.11 Å². The largest absolute Gasteiger partial charge is 0.388 e. The van der Waals surface area contributed by atoms with Crippen LogP contribution in [0, 0.1) is 0 Å². The zero-order valence-corrected chi connectivity index (χ0v) is 11.4. The lowest BCUT2D eigenvalue weighted by Crippen LogP contribution is -2.01. The second kappa shape index (κ2) is 5.43. The lowest BCUT2D eigenvalue weighted by Gasteiger charge is -2.12. The van der Waals surface area contributed by atoms with E-state index in [0.29, 0.717) is 6.42 Å². The summed E-state index contributed by atoms with van der Waals surface area (Å²) in [4.78, 5) is 4.38. The average Bonchev–Trinajstić information content (AvgIpc) is 2.90. The first-order valence-corrected chi connectivity index (χ1v) is 6.73. The summed E-state index contributed by atoms with van der Waals surface area (Å²) in [6, 6.07) is 9.85. The van der Waals surface area contributed by atoms with Gasteiger partial charge in [-0.2, -0.15) is 5.10 Å². The molecule has 3 aromatic rings. The first kappa shape index (κ1) is 12.8. The van der Waals surface area contributed by atoms with Crippen LogP contribution in [0.3, 0.4) is 0 Å². The minimum absolute atomic E-state index is 0.506. The summed E-state index contributed by atoms with van der Waals surface area (Å²) in [6.07, 6.45) is 6.55. The second-order valence-electron chi connectivity index (χ2n) is 5.00. The number of aliphatic hydroxyl groups is 1. The molecule has 4 heteroatoms. The Morgan fingerprint density at radius 2 is 2.10 bits per heavy atom. The van der Waals surface area contributed by atoms with Gasteiger partial charge in [0.2, 0.25) is 0 Å². The van der Waals surface area contributed by atoms with Crippen molar-refractivity contribution in [2.75, 3.05) is 0 Å². The number of rotatable bonds is 4. The summed E-state index contributed by atoms with van der Waals surface area (Å²) in [5.74, 6) is 0. The Labute approximate surface area is 117 Å². The molecule has 102 valence electrons. The first-order chi connectivity index (χ1) is 9.74. The third-order valence-corrected chi connectivity index (χ3v) is 3.49. The predicted molar refractivity (Wildman–Crippen MR) is 78.2 cm³/mol. The van der Waals surface area contributed by atoms with Gasteiger partial charge in [-0.1, -0.05) is 24.3 Å². The fourth-order valence-corrected chi connectivity index (χ4v) is 2.46. The minimum Gasteiger partial charge on any atom is -0.388 e. The molecule has 1 unspecified atom stereocenters. The van der Waals surface area contributed by atoms with Crippen LogP contribution in [0.5, 0.6) is 0 Å². The van der Waals surface area contributed by atoms with Crippen LogP contribution in [-0.4, -0.2) is 19.9 Å². The van der Waals surface area contributed by atoms with Crippen LogP contribution in [0.4, 0.5) is 0 Å². The Hall–Kier alpha value is -2.20. The summed E-state index contributed by atoms with van der Waals surface area (Å²) in [5.41, 5.74) is 2.92. The monoisotopic (exact) mass is 267 g/mol. The summed E-state index contributed by atoms with van der Waals surface area (Å²) in [5, 5.41) is 15.6. The van der Waals surface area contributed by atoms with E-state index in [9.17, 15) is 5.11 Å². The molecule has 0 aliphatic rings. The summed E-state index contributed by atoms with van der Waals surface area (Å²) in [6.45, 7) is 0. The molecule has 0 aliphatic heterocycles. The van der Waals surface area contributed by atoms with E-state index in [1.54, 1.807) is 10.9 Å². The van der Waals surface area contributed by atoms with Crippen molar-refractivity contribution in [3.63, 3.8) is 0 Å². The number of hydrogen-bond donors (Lipinski definition) is 1. The predicted octanol–water partition coefficient (Wildman–Crippen LogP) is 2.63. The van der Waals surface area contributed by atoms with Crippen LogP contribution < -0.4 is 0 Å². The molecule has 1 atom stereocenters. The molecule has 1 aromatic carbocycles. The van der Waals surface area contributed by atoms with Gasteiger partial charge in [0, 0.05) is 30.4 Å². The molecule has 0 radical (unpaired) electrons. The third-order valence-electron chi connectivity index (χ3n) is 3.49. The molecule has 0 aliphatic carbocycles. The number of aliphatic hydroxyl groups excluding tert-OH is 1. The van der Waals surface area contributed by atoms with E-state index >= 15 is 0 Å². The van der Waals surface area contributed by atoms with Crippen LogP contribution in [0.25, 0.3) is 10.9 Å². The molecule has 2 aromatic heterocycles. The molecule has 0 fully saturated rings. The summed E-state index contributed by atoms with van der Waals surface area (Å²) < 4.78 is 1.78. The van der Waals surface area contributed by atoms with Crippen LogP contribution in [0.1, 0.15) is 23.7 Å². The van der Waals surface area contributed by atoms with Gasteiger partial charge in [-0.3, -0.25) is 9.67 Å². The molecule has 1 N–H and O–H groups in total. The highest BCUT2D eigenvalue weighted by molar-refractivity contribution is 5.81. The Morgan fingerprint density at radius 1 is 1.25 bits per heavy atom. The molecule has 0 spiro atoms. The van der Waals surface area contributed by atoms with Gasteiger partial charge in [0.15, 0.2) is 0 Å². The van der Waals surface area contributed by atoms with E-state index in [1.807, 2.05) is 49.8 Å². The van der Waals surface area contributed by atoms with Gasteiger partial charge in [-0.25, -0.2) is 0 Å². The molecule has 0 bridgehead atoms. The number of hydrogen-bond acceptors (Lipinski definition) is 3. The second-order valence-corrected chi connectivity index (χ2v) is 5.00. The SMILES string of the molecule is Cn1cc(CCC(O)c2cccc3cccnc23)cn1. The first-order valence-electron chi connectivity index (χ1n) is 6.73. The van der Waals surface area contributed by atoms with Crippen molar-refractivity contribution >= 4 is 10.9 Å². The maximum absolute atomic E-state index is 10.4. The van der Waals surface area contributed by atoms with Gasteiger partial charge >= 0.3 is 0 Å². The number of nitrogens with zero attached hydrogens (tertiary/aromatic N) is 3. The number of aryl methyl sites for hydroxylation is 2. The quantitative estimate of drug-likeness (QED) is 0.790. The van der Waals surface area contributed by atoms with E-state index in [4.69, 9.17) is 0 Å². The molecular formula is C16H17N3O. The Morgan fingerprint density at radius 3 is 2.90 bits per heavy atom. The Kier molecular flexibility index (Phi) is 3.48. The van der Waals surface area contributed by atoms with Crippen molar-refractivity contribution in [3.05, 3.63) is 60.0 Å². The van der Waals surface area contributed by atoms with Crippen molar-refractivity contribution in [1.82, 2.24) is 14.8 Å². The van der Waals surface area contributed by atoms with Crippen molar-refractivity contribution in [2.24, 2.45) is 7.05 Å². The Balaban J connectivity index is 1.80. The maximum atomic E-state index is 10.4. The number of fused-ring (bicyclic) bond motifs is 1. The van der Waals surface area contributed by atoms with E-state index in [-0.39, 0.29) is 0 Å². The van der Waals surface area contributed by atoms with Crippen molar-refractivity contribution in [1.29, 1.82) is 0 Å². The molecule has 0 saturated carbocycles. The molecule has 2 heterocycles. The number of para-hydroxylation sites is 1. The van der Waals surface area contributed by atoms with Crippen LogP contribution in [0.2, 0.25) is 0 Å². The molecule has 0 saturated heterocycles. The van der Waals surface area contributed by atoms with E-state index in [1.165, 1.54) is 0 Å². The highest BCUT2D eigenvalue weighted by atomic mass is 16.3. The smallest absolute Gasteiger partial charge is 0.0814 e. The lowest BCUT2D eigenvalue weighted by atomic mass is 10.00. The van der Waals surface area contributed by atoms with Crippen LogP contribution in [-0.2, 0) is 13.5 Å². The summed E-state index contributed by atoms with van der Waals surface area (Å²) in [7, 11) is 1.90. The van der Waals surface area contributed by atoms with Gasteiger partial charge in [0.1, 0.15) is 0 Å². The number of benzene rings is 1. The van der Waals surface area contributed by atoms with Gasteiger partial charge in [0.05, 0.1) is 17.8 Å². The number of pyridine rings is 1. The minimum atomic E-state index is -0.506. The van der Waals surface area contributed by atoms with E-state index in [2.05, 4.69) is 10.1 Å². The Bertz CT molecular complexity index is 715. The van der Waals surface area contributed by atoms with E-state index < -0.39 is 6.10 Å². The average molecular weight is 267 g/mol. The fraction of sp³-hybridized carbons (Fsp3) is 0.250. The van der Waals surface area contributed by atoms with Crippen molar-refractivity contribution in [2.45, 2.75) is 18.9 Å². The van der Waals surface area contributed by atoms with Gasteiger partial charge in [0.25, 0.3) is 0 Å². The fourth-order valence-electron chi connectivity index (χ4n) is 2.46. The van der Waals surface area contributed by atoms with Crippen LogP contribution in [0.15, 0.2) is 48.9 Å². The number of aromatic nitrogens is 3. The van der Waals surface area contributed by atoms with Gasteiger partial charge in [-0.15, -0.1) is 0 Å². The van der Waals surface area contributed by atoms with E-state index in [0.717, 1.165) is 28.5 Å². The molecule has 0 amide bonds. The highest BCUT2D eigenvalue weighted by Crippen LogP contribution is 2.25. The zero-order chi connectivity index (χ0) is 13.9. The normalized spacial score (nSPS) is 12.7. The lowest BCUT2D eigenvalue weighted by molar-refractivity contribution is 0.169. The molecular weight excluding hydrogens is 250 g/mol. The van der Waals surface area contributed by atoms with Gasteiger partial charge < -0.3 is 5.11 Å². The van der Waals surface area contributed by atoms with Gasteiger partial charge in [-0.05, 0) is 24.5 Å². The highest BCUT2D eigenvalue weighted by Gasteiger charge is 2.12. The molecule has 4 nitrogen and oxygen atoms in total. The zero-order valence-electron chi connectivity index (χ0n) is 11.4. The topological polar surface area (TPSA) is 50.9 Å². The molecule has 3 rings (SSSR count). The molecule has 20 heavy (non-hydrogen) atoms. The van der Waals surface area contributed by atoms with Crippen molar-refractivity contribution in [3.8, 4) is 0 Å². The summed E-state index contributed by atoms with van der Waals surface area (Å²) >= 11 is 0. The maximum Gasteiger partial charge on any atom is 0.0814 e. The third kappa shape index (κ3) is 2.56.